The van der Waals surface area contributed by atoms with E-state index < -0.39 is 44.3 Å². The average molecular weight is 939 g/mol. The van der Waals surface area contributed by atoms with Crippen molar-refractivity contribution in [1.82, 2.24) is 49.0 Å². The van der Waals surface area contributed by atoms with Crippen molar-refractivity contribution in [2.45, 2.75) is 26.7 Å². The van der Waals surface area contributed by atoms with E-state index in [2.05, 4.69) is 45.9 Å². The number of H-pyrrole nitrogens is 1. The zero-order valence-corrected chi connectivity index (χ0v) is 39.9. The smallest absolute Gasteiger partial charge is 0.345 e. The van der Waals surface area contributed by atoms with Crippen LogP contribution < -0.4 is 22.1 Å². The molecule has 0 amide bonds. The number of nitrogen functional groups attached to an aromatic ring is 2. The van der Waals surface area contributed by atoms with Gasteiger partial charge in [0.15, 0.2) is 0 Å². The summed E-state index contributed by atoms with van der Waals surface area (Å²) in [6, 6.07) is 22.7. The Morgan fingerprint density at radius 3 is 1.57 bits per heavy atom. The SMILES string of the molecule is CCc1ccc(C(=O)O)s1.CCc1ccc(C(=O)n2nc(Nc3ccc(-n4ccnc4)cc3)nc2N)s1.Nc1nc(Nc2ccc(-n3ccnc3)cc2)n[nH]1.[B][B]B([B])B(B([B])[B])B(B([B])[B])B([B])[B]. The predicted molar refractivity (Wildman–Crippen MR) is 299 cm³/mol. The van der Waals surface area contributed by atoms with Gasteiger partial charge in [-0.1, -0.05) is 13.8 Å². The number of nitrogens with one attached hydrogen (secondary N) is 3. The van der Waals surface area contributed by atoms with Crippen LogP contribution in [0.15, 0.2) is 110 Å². The first-order chi connectivity index (χ1) is 33.5. The van der Waals surface area contributed by atoms with Gasteiger partial charge < -0.3 is 36.3 Å². The summed E-state index contributed by atoms with van der Waals surface area (Å²) < 4.78 is 4.95. The van der Waals surface area contributed by atoms with E-state index in [1.807, 2.05) is 96.0 Å². The number of nitrogens with two attached hydrogens (primary N) is 2. The van der Waals surface area contributed by atoms with Crippen molar-refractivity contribution in [1.29, 1.82) is 0 Å². The van der Waals surface area contributed by atoms with E-state index in [0.29, 0.717) is 15.7 Å². The van der Waals surface area contributed by atoms with Crippen molar-refractivity contribution < 1.29 is 14.7 Å². The van der Waals surface area contributed by atoms with E-state index in [1.54, 1.807) is 37.2 Å². The highest BCUT2D eigenvalue weighted by Gasteiger charge is 2.36. The number of carboxylic acid groups (broad SMARTS) is 1. The number of hydrogen-bond donors (Lipinski definition) is 6. The first kappa shape index (κ1) is 54.8. The number of benzene rings is 2. The summed E-state index contributed by atoms with van der Waals surface area (Å²) >= 11 is 2.78. The molecule has 70 heavy (non-hydrogen) atoms. The van der Waals surface area contributed by atoms with Crippen LogP contribution in [0.1, 0.15) is 42.9 Å². The Balaban J connectivity index is 0.000000185. The van der Waals surface area contributed by atoms with Gasteiger partial charge in [-0.25, -0.2) is 19.9 Å². The maximum Gasteiger partial charge on any atom is 0.345 e. The highest BCUT2D eigenvalue weighted by atomic mass is 32.1. The van der Waals surface area contributed by atoms with Gasteiger partial charge in [-0.05, 0) is 85.6 Å². The molecule has 0 saturated heterocycles. The van der Waals surface area contributed by atoms with Gasteiger partial charge in [0.2, 0.25) is 23.8 Å². The van der Waals surface area contributed by atoms with E-state index in [9.17, 15) is 9.59 Å². The average Bonchev–Trinajstić information content (AvgIpc) is 4.21. The molecule has 2 aromatic carbocycles. The van der Waals surface area contributed by atoms with Crippen LogP contribution in [0.2, 0.25) is 0 Å². The number of aromatic nitrogens is 10. The van der Waals surface area contributed by atoms with Crippen LogP contribution in [0.25, 0.3) is 11.4 Å². The van der Waals surface area contributed by atoms with Gasteiger partial charge in [0.05, 0.1) is 17.5 Å². The van der Waals surface area contributed by atoms with Gasteiger partial charge in [-0.15, -0.1) is 32.9 Å². The Kier molecular flexibility index (Phi) is 20.9. The minimum atomic E-state index is -0.829. The molecule has 8 N–H and O–H groups in total. The maximum absolute atomic E-state index is 12.6. The number of carbonyl (C=O) groups excluding carboxylic acids is 1. The lowest BCUT2D eigenvalue weighted by atomic mass is 8.46. The molecule has 8 rings (SSSR count). The maximum atomic E-state index is 12.6. The van der Waals surface area contributed by atoms with Crippen LogP contribution in [-0.2, 0) is 12.8 Å². The van der Waals surface area contributed by atoms with E-state index in [1.165, 1.54) is 29.7 Å². The molecule has 17 radical (unpaired) electrons. The monoisotopic (exact) mass is 941 g/mol. The van der Waals surface area contributed by atoms with Crippen molar-refractivity contribution >= 4 is 177 Å². The molecule has 6 heterocycles. The quantitative estimate of drug-likeness (QED) is 0.0734. The molecule has 8 aromatic rings. The molecule has 0 bridgehead atoms. The summed E-state index contributed by atoms with van der Waals surface area (Å²) in [5.41, 5.74) is 15.0. The molecule has 0 atom stereocenters. The molecule has 0 saturated carbocycles. The second-order valence-corrected chi connectivity index (χ2v) is 17.4. The van der Waals surface area contributed by atoms with Crippen LogP contribution in [-0.4, -0.2) is 173 Å². The number of imidazole rings is 2. The summed E-state index contributed by atoms with van der Waals surface area (Å²) in [6.07, 6.45) is 8.72. The third-order valence-electron chi connectivity index (χ3n) is 10.1. The van der Waals surface area contributed by atoms with E-state index in [-0.39, 0.29) is 23.8 Å². The lowest BCUT2D eigenvalue weighted by molar-refractivity contribution is 0.0701. The van der Waals surface area contributed by atoms with E-state index in [0.717, 1.165) is 50.0 Å². The summed E-state index contributed by atoms with van der Waals surface area (Å²) in [6.45, 7) is 4.06. The second kappa shape index (κ2) is 26.7. The number of aromatic carboxylic acids is 1. The first-order valence-corrected chi connectivity index (χ1v) is 23.1. The number of rotatable bonds is 16. The van der Waals surface area contributed by atoms with E-state index in [4.69, 9.17) is 78.5 Å². The summed E-state index contributed by atoms with van der Waals surface area (Å²) in [5.74, 6) is -0.0687. The zero-order chi connectivity index (χ0) is 50.9. The number of aromatic amines is 1. The van der Waals surface area contributed by atoms with Crippen LogP contribution in [0, 0.1) is 0 Å². The lowest BCUT2D eigenvalue weighted by Gasteiger charge is -2.35. The molecule has 17 nitrogen and oxygen atoms in total. The lowest BCUT2D eigenvalue weighted by Crippen LogP contribution is -2.73. The van der Waals surface area contributed by atoms with Crippen molar-refractivity contribution in [2.24, 2.45) is 0 Å². The Morgan fingerprint density at radius 2 is 1.19 bits per heavy atom. The molecule has 325 valence electrons. The van der Waals surface area contributed by atoms with E-state index >= 15 is 0 Å². The van der Waals surface area contributed by atoms with Gasteiger partial charge >= 0.3 is 5.97 Å². The van der Waals surface area contributed by atoms with Crippen LogP contribution in [0.3, 0.4) is 0 Å². The van der Waals surface area contributed by atoms with Gasteiger partial charge in [0.1, 0.15) is 4.88 Å². The number of hydrogen-bond acceptors (Lipinski definition) is 14. The number of anilines is 6. The Labute approximate surface area is 428 Å². The largest absolute Gasteiger partial charge is 0.477 e. The highest BCUT2D eigenvalue weighted by Crippen LogP contribution is 2.22. The number of nitrogens with zero attached hydrogens (tertiary/aromatic N) is 9. The Morgan fingerprint density at radius 1 is 0.700 bits per heavy atom. The van der Waals surface area contributed by atoms with Gasteiger partial charge in [0.25, 0.3) is 5.91 Å². The molecule has 0 aliphatic carbocycles. The predicted octanol–water partition coefficient (Wildman–Crippen LogP) is 0.715. The minimum Gasteiger partial charge on any atom is -0.477 e. The number of carboxylic acids is 1. The molecule has 6 aromatic heterocycles. The normalized spacial score (nSPS) is 10.1. The molecule has 0 unspecified atom stereocenters. The highest BCUT2D eigenvalue weighted by molar-refractivity contribution is 8.12. The van der Waals surface area contributed by atoms with Crippen LogP contribution in [0.4, 0.5) is 35.2 Å². The molecule has 0 aliphatic heterocycles. The number of carbonyl (C=O) groups is 2. The summed E-state index contributed by atoms with van der Waals surface area (Å²) in [7, 11) is 45.8. The molecule has 0 spiro atoms. The van der Waals surface area contributed by atoms with Gasteiger partial charge in [-0.2, -0.15) is 14.6 Å². The van der Waals surface area contributed by atoms with Crippen molar-refractivity contribution in [3.05, 3.63) is 130 Å². The topological polar surface area (TPSA) is 238 Å². The van der Waals surface area contributed by atoms with Crippen LogP contribution in [0.5, 0.6) is 0 Å². The fourth-order valence-corrected chi connectivity index (χ4v) is 8.17. The van der Waals surface area contributed by atoms with Gasteiger partial charge in [-0.3, -0.25) is 4.79 Å². The molecular weight excluding hydrogens is 903 g/mol. The first-order valence-electron chi connectivity index (χ1n) is 21.4. The Hall–Kier alpha value is -6.15. The Bertz CT molecular complexity index is 2810. The molecule has 34 heteroatoms. The third kappa shape index (κ3) is 15.7. The van der Waals surface area contributed by atoms with Crippen molar-refractivity contribution in [3.8, 4) is 11.4 Å². The molecular formula is C36H36B15N14O3S2. The standard InChI is InChI=1S/C18H17N7OS.C11H11N7.C7H8O2S.B15/c1-2-14-7-8-15(27-14)16(26)25-17(19)22-18(23-25)21-12-3-5-13(6-4-12)24-10-9-20-11-24;12-10-15-11(17-16-10)14-8-1-3-9(4-2-8)18-6-5-13-7-18;1-2-5-3-4-6(10-5)7(8)9;1-9-13(8)15(12(6)7)14(10(2)3)11(4)5/h3-11H,2H2,1H3,(H3,19,21,22,23);1-7H,(H4,12,14,15,16,17);3-4H,2H2,1H3,(H,8,9);. The zero-order valence-electron chi connectivity index (χ0n) is 38.2. The fourth-order valence-electron chi connectivity index (χ4n) is 6.51. The minimum absolute atomic E-state index is 0.0454. The number of thiophene rings is 2. The third-order valence-corrected chi connectivity index (χ3v) is 12.5. The second-order valence-electron chi connectivity index (χ2n) is 15.0. The summed E-state index contributed by atoms with van der Waals surface area (Å²) in [5, 5.41) is 25.3. The molecule has 0 aliphatic rings. The van der Waals surface area contributed by atoms with Crippen molar-refractivity contribution in [2.75, 3.05) is 22.1 Å². The summed E-state index contributed by atoms with van der Waals surface area (Å²) in [4.78, 5) is 42.3. The fraction of sp³-hybridized carbons (Fsp3) is 0.111. The van der Waals surface area contributed by atoms with Crippen molar-refractivity contribution in [3.63, 3.8) is 0 Å². The van der Waals surface area contributed by atoms with Crippen LogP contribution >= 0.6 is 22.7 Å². The molecule has 0 fully saturated rings. The van der Waals surface area contributed by atoms with Gasteiger partial charge in [0, 0.05) is 165 Å². The number of aryl methyl sites for hydroxylation is 2.